The molecule has 0 spiro atoms. The van der Waals surface area contributed by atoms with Gasteiger partial charge in [0.15, 0.2) is 0 Å². The normalized spacial score (nSPS) is 19.3. The summed E-state index contributed by atoms with van der Waals surface area (Å²) in [5.74, 6) is -3.10. The molecule has 3 aromatic rings. The van der Waals surface area contributed by atoms with Crippen LogP contribution in [0.2, 0.25) is 5.02 Å². The number of alkyl halides is 3. The van der Waals surface area contributed by atoms with Gasteiger partial charge in [0.25, 0.3) is 5.91 Å². The van der Waals surface area contributed by atoms with Crippen LogP contribution in [0.5, 0.6) is 0 Å². The van der Waals surface area contributed by atoms with Crippen molar-refractivity contribution in [2.45, 2.75) is 31.6 Å². The van der Waals surface area contributed by atoms with E-state index in [4.69, 9.17) is 16.4 Å². The first-order valence-electron chi connectivity index (χ1n) is 11.7. The van der Waals surface area contributed by atoms with Crippen LogP contribution < -0.4 is 10.4 Å². The fourth-order valence-corrected chi connectivity index (χ4v) is 5.26. The molecular formula is C25H24ClF3N4O3. The number of benzene rings is 2. The SMILES string of the molecule is O=C1NC(C2CCN(CCc3c[nH]c4ccccc34)CC2)N(OC(=O)C(F)(F)F)c2cccc(Cl)c21. The second-order valence-corrected chi connectivity index (χ2v) is 9.45. The number of likely N-dealkylation sites (tertiary alicyclic amines) is 1. The largest absolute Gasteiger partial charge is 0.493 e. The summed E-state index contributed by atoms with van der Waals surface area (Å²) < 4.78 is 39.1. The number of fused-ring (bicyclic) bond motifs is 2. The molecular weight excluding hydrogens is 497 g/mol. The van der Waals surface area contributed by atoms with Crippen molar-refractivity contribution in [3.8, 4) is 0 Å². The molecule has 3 heterocycles. The van der Waals surface area contributed by atoms with Gasteiger partial charge < -0.3 is 20.0 Å². The van der Waals surface area contributed by atoms with Crippen molar-refractivity contribution in [1.29, 1.82) is 0 Å². The second-order valence-electron chi connectivity index (χ2n) is 9.04. The Kier molecular flexibility index (Phi) is 6.57. The maximum atomic E-state index is 13.0. The van der Waals surface area contributed by atoms with E-state index in [1.807, 2.05) is 24.4 Å². The first-order chi connectivity index (χ1) is 17.2. The third-order valence-corrected chi connectivity index (χ3v) is 7.17. The maximum absolute atomic E-state index is 13.0. The van der Waals surface area contributed by atoms with E-state index >= 15 is 0 Å². The summed E-state index contributed by atoms with van der Waals surface area (Å²) in [6, 6.07) is 12.5. The van der Waals surface area contributed by atoms with E-state index in [9.17, 15) is 22.8 Å². The number of aromatic nitrogens is 1. The molecule has 0 saturated carbocycles. The Labute approximate surface area is 210 Å². The quantitative estimate of drug-likeness (QED) is 0.511. The lowest BCUT2D eigenvalue weighted by molar-refractivity contribution is -0.203. The molecule has 0 aliphatic carbocycles. The van der Waals surface area contributed by atoms with Crippen LogP contribution in [0, 0.1) is 5.92 Å². The van der Waals surface area contributed by atoms with E-state index in [-0.39, 0.29) is 22.2 Å². The Morgan fingerprint density at radius 3 is 2.61 bits per heavy atom. The minimum absolute atomic E-state index is 0.0263. The fourth-order valence-electron chi connectivity index (χ4n) is 5.00. The van der Waals surface area contributed by atoms with Crippen LogP contribution in [0.4, 0.5) is 18.9 Å². The minimum atomic E-state index is -5.18. The van der Waals surface area contributed by atoms with Crippen molar-refractivity contribution in [2.24, 2.45) is 5.92 Å². The fraction of sp³-hybridized carbons (Fsp3) is 0.360. The summed E-state index contributed by atoms with van der Waals surface area (Å²) in [6.45, 7) is 2.22. The molecule has 36 heavy (non-hydrogen) atoms. The minimum Gasteiger partial charge on any atom is -0.361 e. The Morgan fingerprint density at radius 2 is 1.86 bits per heavy atom. The summed E-state index contributed by atoms with van der Waals surface area (Å²) in [6.07, 6.45) is -2.04. The number of hydrogen-bond acceptors (Lipinski definition) is 5. The number of nitrogens with one attached hydrogen (secondary N) is 2. The Balaban J connectivity index is 1.28. The van der Waals surface area contributed by atoms with Crippen LogP contribution in [-0.4, -0.2) is 53.7 Å². The summed E-state index contributed by atoms with van der Waals surface area (Å²) in [7, 11) is 0. The smallest absolute Gasteiger partial charge is 0.361 e. The summed E-state index contributed by atoms with van der Waals surface area (Å²) in [4.78, 5) is 34.9. The van der Waals surface area contributed by atoms with Crippen molar-refractivity contribution in [1.82, 2.24) is 15.2 Å². The van der Waals surface area contributed by atoms with Gasteiger partial charge in [-0.25, -0.2) is 4.79 Å². The topological polar surface area (TPSA) is 77.7 Å². The van der Waals surface area contributed by atoms with Gasteiger partial charge in [-0.2, -0.15) is 18.2 Å². The van der Waals surface area contributed by atoms with Gasteiger partial charge in [0.05, 0.1) is 16.3 Å². The molecule has 1 atom stereocenters. The molecule has 1 aromatic heterocycles. The van der Waals surface area contributed by atoms with E-state index in [1.165, 1.54) is 29.1 Å². The monoisotopic (exact) mass is 520 g/mol. The first kappa shape index (κ1) is 24.5. The number of hydroxylamine groups is 1. The van der Waals surface area contributed by atoms with Crippen LogP contribution >= 0.6 is 11.6 Å². The first-order valence-corrected chi connectivity index (χ1v) is 12.1. The average molecular weight is 521 g/mol. The molecule has 0 bridgehead atoms. The standard InChI is InChI=1S/C25H24ClF3N4O3/c26-18-5-3-7-20-21(18)23(34)31-22(33(20)36-24(35)25(27,28)29)15-8-11-32(12-9-15)13-10-16-14-30-19-6-2-1-4-17(16)19/h1-7,14-15,22,30H,8-13H2,(H,31,34). The molecule has 5 rings (SSSR count). The molecule has 2 aliphatic heterocycles. The molecule has 0 radical (unpaired) electrons. The molecule has 2 aromatic carbocycles. The third-order valence-electron chi connectivity index (χ3n) is 6.85. The van der Waals surface area contributed by atoms with E-state index in [1.54, 1.807) is 0 Å². The van der Waals surface area contributed by atoms with Gasteiger partial charge in [0.1, 0.15) is 6.17 Å². The molecule has 2 aliphatic rings. The lowest BCUT2D eigenvalue weighted by Gasteiger charge is -2.43. The number of piperidine rings is 1. The predicted octanol–water partition coefficient (Wildman–Crippen LogP) is 4.67. The number of amides is 1. The molecule has 7 nitrogen and oxygen atoms in total. The number of H-pyrrole nitrogens is 1. The summed E-state index contributed by atoms with van der Waals surface area (Å²) >= 11 is 6.14. The van der Waals surface area contributed by atoms with E-state index in [0.29, 0.717) is 25.9 Å². The highest BCUT2D eigenvalue weighted by Gasteiger charge is 2.47. The van der Waals surface area contributed by atoms with Gasteiger partial charge in [-0.15, -0.1) is 0 Å². The zero-order valence-electron chi connectivity index (χ0n) is 19.1. The lowest BCUT2D eigenvalue weighted by Crippen LogP contribution is -2.59. The van der Waals surface area contributed by atoms with Crippen molar-refractivity contribution < 1.29 is 27.6 Å². The van der Waals surface area contributed by atoms with Crippen molar-refractivity contribution in [3.63, 3.8) is 0 Å². The van der Waals surface area contributed by atoms with Gasteiger partial charge in [0, 0.05) is 29.6 Å². The van der Waals surface area contributed by atoms with Crippen LogP contribution in [0.1, 0.15) is 28.8 Å². The van der Waals surface area contributed by atoms with Crippen molar-refractivity contribution >= 4 is 40.1 Å². The van der Waals surface area contributed by atoms with Crippen molar-refractivity contribution in [3.05, 3.63) is 64.8 Å². The summed E-state index contributed by atoms with van der Waals surface area (Å²) in [5.41, 5.74) is 2.33. The Morgan fingerprint density at radius 1 is 1.11 bits per heavy atom. The number of rotatable bonds is 5. The Bertz CT molecular complexity index is 1290. The van der Waals surface area contributed by atoms with Crippen LogP contribution in [0.25, 0.3) is 10.9 Å². The second kappa shape index (κ2) is 9.67. The highest BCUT2D eigenvalue weighted by atomic mass is 35.5. The number of aromatic amines is 1. The molecule has 1 unspecified atom stereocenters. The van der Waals surface area contributed by atoms with Crippen LogP contribution in [-0.2, 0) is 16.1 Å². The Hall–Kier alpha value is -3.24. The molecule has 11 heteroatoms. The number of carbonyl (C=O) groups is 2. The summed E-state index contributed by atoms with van der Waals surface area (Å²) in [5, 5.41) is 4.83. The zero-order chi connectivity index (χ0) is 25.4. The predicted molar refractivity (Wildman–Crippen MR) is 128 cm³/mol. The van der Waals surface area contributed by atoms with Gasteiger partial charge >= 0.3 is 12.1 Å². The average Bonchev–Trinajstić information content (AvgIpc) is 3.27. The third kappa shape index (κ3) is 4.75. The zero-order valence-corrected chi connectivity index (χ0v) is 19.9. The lowest BCUT2D eigenvalue weighted by atomic mass is 9.91. The molecule has 1 fully saturated rings. The van der Waals surface area contributed by atoms with Crippen LogP contribution in [0.15, 0.2) is 48.7 Å². The highest BCUT2D eigenvalue weighted by Crippen LogP contribution is 2.37. The van der Waals surface area contributed by atoms with Gasteiger partial charge in [-0.05, 0) is 56.1 Å². The van der Waals surface area contributed by atoms with Crippen LogP contribution in [0.3, 0.4) is 0 Å². The molecule has 190 valence electrons. The van der Waals surface area contributed by atoms with E-state index in [0.717, 1.165) is 23.5 Å². The van der Waals surface area contributed by atoms with Gasteiger partial charge in [-0.1, -0.05) is 35.9 Å². The van der Waals surface area contributed by atoms with Gasteiger partial charge in [-0.3, -0.25) is 4.79 Å². The number of anilines is 1. The number of para-hydroxylation sites is 1. The van der Waals surface area contributed by atoms with Gasteiger partial charge in [0.2, 0.25) is 0 Å². The highest BCUT2D eigenvalue weighted by molar-refractivity contribution is 6.34. The number of halogens is 4. The molecule has 2 N–H and O–H groups in total. The van der Waals surface area contributed by atoms with E-state index < -0.39 is 24.2 Å². The number of nitrogens with zero attached hydrogens (tertiary/aromatic N) is 2. The van der Waals surface area contributed by atoms with Crippen molar-refractivity contribution in [2.75, 3.05) is 24.7 Å². The maximum Gasteiger partial charge on any atom is 0.493 e. The number of carbonyl (C=O) groups excluding carboxylic acids is 2. The number of hydrogen-bond donors (Lipinski definition) is 2. The molecule has 1 saturated heterocycles. The van der Waals surface area contributed by atoms with E-state index in [2.05, 4.69) is 21.3 Å². The molecule has 1 amide bonds.